The second-order valence-electron chi connectivity index (χ2n) is 2.63. The molecule has 2 rings (SSSR count). The van der Waals surface area contributed by atoms with Crippen LogP contribution in [0.5, 0.6) is 0 Å². The molecule has 0 fully saturated rings. The summed E-state index contributed by atoms with van der Waals surface area (Å²) in [5.41, 5.74) is 1.31. The monoisotopic (exact) mass is 275 g/mol. The predicted molar refractivity (Wildman–Crippen MR) is 54.6 cm³/mol. The van der Waals surface area contributed by atoms with E-state index in [1.54, 1.807) is 12.1 Å². The summed E-state index contributed by atoms with van der Waals surface area (Å²) in [6.07, 6.45) is 0. The first-order valence-corrected chi connectivity index (χ1v) is 4.92. The lowest BCUT2D eigenvalue weighted by atomic mass is 10.1. The summed E-state index contributed by atoms with van der Waals surface area (Å²) in [5.74, 6) is -0.292. The van der Waals surface area contributed by atoms with Crippen LogP contribution in [0.3, 0.4) is 0 Å². The summed E-state index contributed by atoms with van der Waals surface area (Å²) < 4.78 is 18.0. The van der Waals surface area contributed by atoms with Gasteiger partial charge >= 0.3 is 0 Å². The maximum atomic E-state index is 12.6. The molecule has 0 aliphatic heterocycles. The van der Waals surface area contributed by atoms with Gasteiger partial charge in [-0.2, -0.15) is 0 Å². The van der Waals surface area contributed by atoms with E-state index in [1.807, 2.05) is 0 Å². The van der Waals surface area contributed by atoms with Crippen molar-refractivity contribution in [2.75, 3.05) is 0 Å². The number of hydrogen-bond donors (Lipinski definition) is 0. The summed E-state index contributed by atoms with van der Waals surface area (Å²) in [5, 5.41) is 3.92. The first-order chi connectivity index (χ1) is 6.68. The third-order valence-electron chi connectivity index (χ3n) is 1.72. The zero-order valence-electron chi connectivity index (χ0n) is 6.80. The van der Waals surface area contributed by atoms with Crippen molar-refractivity contribution in [3.05, 3.63) is 39.8 Å². The van der Waals surface area contributed by atoms with E-state index in [1.165, 1.54) is 12.1 Å². The first kappa shape index (κ1) is 9.68. The van der Waals surface area contributed by atoms with E-state index >= 15 is 0 Å². The molecule has 0 saturated heterocycles. The number of aromatic nitrogens is 1. The van der Waals surface area contributed by atoms with Gasteiger partial charge in [0.05, 0.1) is 0 Å². The fourth-order valence-corrected chi connectivity index (χ4v) is 1.54. The molecule has 0 saturated carbocycles. The summed E-state index contributed by atoms with van der Waals surface area (Å²) in [6.45, 7) is 0. The van der Waals surface area contributed by atoms with Crippen molar-refractivity contribution >= 4 is 27.5 Å². The molecule has 1 heterocycles. The summed E-state index contributed by atoms with van der Waals surface area (Å²) >= 11 is 8.88. The van der Waals surface area contributed by atoms with E-state index in [2.05, 4.69) is 21.1 Å². The van der Waals surface area contributed by atoms with Crippen LogP contribution < -0.4 is 0 Å². The minimum Gasteiger partial charge on any atom is -0.343 e. The predicted octanol–water partition coefficient (Wildman–Crippen LogP) is 3.90. The molecular weight excluding hydrogens is 272 g/mol. The highest BCUT2D eigenvalue weighted by atomic mass is 79.9. The zero-order chi connectivity index (χ0) is 10.1. The summed E-state index contributed by atoms with van der Waals surface area (Å²) in [7, 11) is 0. The second-order valence-corrected chi connectivity index (χ2v) is 3.76. The Morgan fingerprint density at radius 3 is 2.43 bits per heavy atom. The van der Waals surface area contributed by atoms with Gasteiger partial charge in [0.25, 0.3) is 0 Å². The Kier molecular flexibility index (Phi) is 2.56. The molecule has 72 valence electrons. The molecule has 0 bridgehead atoms. The Labute approximate surface area is 92.8 Å². The van der Waals surface area contributed by atoms with Gasteiger partial charge in [0.1, 0.15) is 16.0 Å². The highest BCUT2D eigenvalue weighted by Crippen LogP contribution is 2.33. The SMILES string of the molecule is Fc1ccc(-c2noc(Cl)c2Br)cc1. The Balaban J connectivity index is 2.49. The number of nitrogens with zero attached hydrogens (tertiary/aromatic N) is 1. The molecule has 0 aliphatic carbocycles. The molecule has 14 heavy (non-hydrogen) atoms. The van der Waals surface area contributed by atoms with E-state index in [9.17, 15) is 4.39 Å². The van der Waals surface area contributed by atoms with Crippen LogP contribution in [-0.2, 0) is 0 Å². The van der Waals surface area contributed by atoms with Crippen molar-refractivity contribution in [2.24, 2.45) is 0 Å². The topological polar surface area (TPSA) is 26.0 Å². The van der Waals surface area contributed by atoms with E-state index in [0.717, 1.165) is 5.56 Å². The number of hydrogen-bond acceptors (Lipinski definition) is 2. The molecule has 0 spiro atoms. The standard InChI is InChI=1S/C9H4BrClFNO/c10-7-8(13-14-9(7)11)5-1-3-6(12)4-2-5/h1-4H. The van der Waals surface area contributed by atoms with Gasteiger partial charge in [-0.15, -0.1) is 0 Å². The van der Waals surface area contributed by atoms with Gasteiger partial charge in [-0.25, -0.2) is 4.39 Å². The fraction of sp³-hybridized carbons (Fsp3) is 0. The molecule has 2 nitrogen and oxygen atoms in total. The highest BCUT2D eigenvalue weighted by molar-refractivity contribution is 9.10. The molecule has 0 aliphatic rings. The molecule has 0 unspecified atom stereocenters. The Morgan fingerprint density at radius 2 is 1.93 bits per heavy atom. The molecule has 5 heteroatoms. The number of rotatable bonds is 1. The summed E-state index contributed by atoms with van der Waals surface area (Å²) in [4.78, 5) is 0. The number of benzene rings is 1. The van der Waals surface area contributed by atoms with Gasteiger partial charge < -0.3 is 4.52 Å². The van der Waals surface area contributed by atoms with Crippen LogP contribution in [0.25, 0.3) is 11.3 Å². The minimum atomic E-state index is -0.292. The maximum Gasteiger partial charge on any atom is 0.240 e. The molecule has 0 atom stereocenters. The van der Waals surface area contributed by atoms with Crippen molar-refractivity contribution in [2.45, 2.75) is 0 Å². The average molecular weight is 276 g/mol. The zero-order valence-corrected chi connectivity index (χ0v) is 9.14. The van der Waals surface area contributed by atoms with Crippen LogP contribution >= 0.6 is 27.5 Å². The van der Waals surface area contributed by atoms with Crippen LogP contribution in [0.4, 0.5) is 4.39 Å². The van der Waals surface area contributed by atoms with Crippen molar-refractivity contribution < 1.29 is 8.91 Å². The van der Waals surface area contributed by atoms with E-state index < -0.39 is 0 Å². The Bertz CT molecular complexity index is 454. The molecule has 0 amide bonds. The Hall–Kier alpha value is -0.870. The van der Waals surface area contributed by atoms with Gasteiger partial charge in [0.15, 0.2) is 0 Å². The lowest BCUT2D eigenvalue weighted by molar-refractivity contribution is 0.423. The van der Waals surface area contributed by atoms with Gasteiger partial charge in [0.2, 0.25) is 5.22 Å². The highest BCUT2D eigenvalue weighted by Gasteiger charge is 2.12. The largest absolute Gasteiger partial charge is 0.343 e. The molecule has 1 aromatic carbocycles. The number of halogens is 3. The van der Waals surface area contributed by atoms with Gasteiger partial charge in [-0.1, -0.05) is 5.16 Å². The van der Waals surface area contributed by atoms with Crippen LogP contribution in [0, 0.1) is 5.82 Å². The smallest absolute Gasteiger partial charge is 0.240 e. The van der Waals surface area contributed by atoms with Crippen molar-refractivity contribution in [3.63, 3.8) is 0 Å². The average Bonchev–Trinajstić information content (AvgIpc) is 2.50. The molecular formula is C9H4BrClFNO. The van der Waals surface area contributed by atoms with Crippen molar-refractivity contribution in [1.29, 1.82) is 0 Å². The lowest BCUT2D eigenvalue weighted by Gasteiger charge is -1.95. The second kappa shape index (κ2) is 3.71. The van der Waals surface area contributed by atoms with Gasteiger partial charge in [-0.3, -0.25) is 0 Å². The minimum absolute atomic E-state index is 0.185. The normalized spacial score (nSPS) is 10.5. The Morgan fingerprint density at radius 1 is 1.29 bits per heavy atom. The fourth-order valence-electron chi connectivity index (χ4n) is 1.05. The summed E-state index contributed by atoms with van der Waals surface area (Å²) in [6, 6.07) is 5.91. The molecule has 0 N–H and O–H groups in total. The van der Waals surface area contributed by atoms with Crippen LogP contribution in [0.1, 0.15) is 0 Å². The van der Waals surface area contributed by atoms with Gasteiger partial charge in [0, 0.05) is 5.56 Å². The molecule has 1 aromatic heterocycles. The van der Waals surface area contributed by atoms with Crippen LogP contribution in [0.15, 0.2) is 33.3 Å². The lowest BCUT2D eigenvalue weighted by Crippen LogP contribution is -1.79. The third kappa shape index (κ3) is 1.67. The van der Waals surface area contributed by atoms with Crippen LogP contribution in [-0.4, -0.2) is 5.16 Å². The third-order valence-corrected chi connectivity index (χ3v) is 2.94. The molecule has 0 radical (unpaired) electrons. The first-order valence-electron chi connectivity index (χ1n) is 3.75. The van der Waals surface area contributed by atoms with E-state index in [-0.39, 0.29) is 11.0 Å². The quantitative estimate of drug-likeness (QED) is 0.789. The maximum absolute atomic E-state index is 12.6. The van der Waals surface area contributed by atoms with Crippen LogP contribution in [0.2, 0.25) is 5.22 Å². The van der Waals surface area contributed by atoms with E-state index in [4.69, 9.17) is 16.1 Å². The van der Waals surface area contributed by atoms with E-state index in [0.29, 0.717) is 10.2 Å². The van der Waals surface area contributed by atoms with Gasteiger partial charge in [-0.05, 0) is 51.8 Å². The molecule has 2 aromatic rings. The van der Waals surface area contributed by atoms with Crippen molar-refractivity contribution in [3.8, 4) is 11.3 Å². The van der Waals surface area contributed by atoms with Crippen molar-refractivity contribution in [1.82, 2.24) is 5.16 Å².